The first-order valence-corrected chi connectivity index (χ1v) is 6.14. The van der Waals surface area contributed by atoms with E-state index in [0.29, 0.717) is 5.92 Å². The van der Waals surface area contributed by atoms with Crippen molar-refractivity contribution in [2.24, 2.45) is 5.92 Å². The fraction of sp³-hybridized carbons (Fsp3) is 0.750. The number of nitrogens with zero attached hydrogens (tertiary/aromatic N) is 1. The van der Waals surface area contributed by atoms with Crippen LogP contribution in [-0.4, -0.2) is 31.3 Å². The Balaban J connectivity index is 1.61. The van der Waals surface area contributed by atoms with Crippen molar-refractivity contribution in [2.75, 3.05) is 26.3 Å². The first kappa shape index (κ1) is 10.3. The van der Waals surface area contributed by atoms with E-state index in [1.807, 2.05) is 6.26 Å². The molecule has 0 saturated carbocycles. The predicted octanol–water partition coefficient (Wildman–Crippen LogP) is 1.33. The maximum Gasteiger partial charge on any atom is 0.194 e. The normalized spacial score (nSPS) is 23.2. The van der Waals surface area contributed by atoms with E-state index in [2.05, 4.69) is 10.3 Å². The summed E-state index contributed by atoms with van der Waals surface area (Å²) in [5.74, 6) is 2.18. The third-order valence-corrected chi connectivity index (χ3v) is 3.54. The molecular formula is C12H18N2O2. The van der Waals surface area contributed by atoms with E-state index >= 15 is 0 Å². The average molecular weight is 222 g/mol. The highest BCUT2D eigenvalue weighted by Gasteiger charge is 2.22. The van der Waals surface area contributed by atoms with Gasteiger partial charge >= 0.3 is 0 Å². The Bertz CT molecular complexity index is 341. The van der Waals surface area contributed by atoms with Crippen molar-refractivity contribution in [2.45, 2.75) is 25.2 Å². The molecule has 1 aromatic heterocycles. The van der Waals surface area contributed by atoms with Gasteiger partial charge in [-0.05, 0) is 31.8 Å². The number of ether oxygens (including phenoxy) is 1. The standard InChI is InChI=1S/C12H18N2O2/c1-3-15-4-2-10(1)11-8-16-12(14-11)5-9-6-13-7-9/h8-10,13H,1-7H2. The van der Waals surface area contributed by atoms with Crippen LogP contribution < -0.4 is 5.32 Å². The van der Waals surface area contributed by atoms with Gasteiger partial charge in [0.1, 0.15) is 6.26 Å². The van der Waals surface area contributed by atoms with Gasteiger partial charge in [0, 0.05) is 25.6 Å². The molecule has 0 aromatic carbocycles. The SMILES string of the molecule is c1oc(CC2CNC2)nc1C1CCOCC1. The largest absolute Gasteiger partial charge is 0.449 e. The van der Waals surface area contributed by atoms with Crippen molar-refractivity contribution in [3.8, 4) is 0 Å². The molecule has 3 heterocycles. The first-order chi connectivity index (χ1) is 7.92. The molecule has 0 unspecified atom stereocenters. The molecule has 2 fully saturated rings. The van der Waals surface area contributed by atoms with Crippen molar-refractivity contribution in [1.82, 2.24) is 10.3 Å². The van der Waals surface area contributed by atoms with Gasteiger partial charge in [-0.15, -0.1) is 0 Å². The van der Waals surface area contributed by atoms with Crippen LogP contribution in [0.5, 0.6) is 0 Å². The molecule has 1 N–H and O–H groups in total. The van der Waals surface area contributed by atoms with Gasteiger partial charge in [-0.2, -0.15) is 0 Å². The van der Waals surface area contributed by atoms with Crippen LogP contribution in [0.2, 0.25) is 0 Å². The molecule has 0 bridgehead atoms. The van der Waals surface area contributed by atoms with Crippen molar-refractivity contribution in [3.05, 3.63) is 17.8 Å². The van der Waals surface area contributed by atoms with Crippen LogP contribution in [0.4, 0.5) is 0 Å². The van der Waals surface area contributed by atoms with Crippen molar-refractivity contribution in [3.63, 3.8) is 0 Å². The van der Waals surface area contributed by atoms with Crippen LogP contribution in [0.1, 0.15) is 30.3 Å². The molecule has 2 aliphatic rings. The maximum absolute atomic E-state index is 5.54. The highest BCUT2D eigenvalue weighted by atomic mass is 16.5. The van der Waals surface area contributed by atoms with E-state index in [0.717, 1.165) is 63.1 Å². The number of hydrogen-bond acceptors (Lipinski definition) is 4. The van der Waals surface area contributed by atoms with Crippen molar-refractivity contribution >= 4 is 0 Å². The lowest BCUT2D eigenvalue weighted by atomic mass is 9.97. The summed E-state index contributed by atoms with van der Waals surface area (Å²) in [6.45, 7) is 3.93. The molecule has 3 rings (SSSR count). The third-order valence-electron chi connectivity index (χ3n) is 3.54. The summed E-state index contributed by atoms with van der Waals surface area (Å²) in [5, 5.41) is 3.27. The number of hydrogen-bond donors (Lipinski definition) is 1. The van der Waals surface area contributed by atoms with E-state index in [4.69, 9.17) is 9.15 Å². The van der Waals surface area contributed by atoms with Gasteiger partial charge in [-0.1, -0.05) is 0 Å². The highest BCUT2D eigenvalue weighted by molar-refractivity contribution is 5.06. The Morgan fingerprint density at radius 2 is 2.12 bits per heavy atom. The summed E-state index contributed by atoms with van der Waals surface area (Å²) in [6.07, 6.45) is 4.99. The zero-order valence-corrected chi connectivity index (χ0v) is 9.45. The second-order valence-electron chi connectivity index (χ2n) is 4.78. The second-order valence-corrected chi connectivity index (χ2v) is 4.78. The lowest BCUT2D eigenvalue weighted by Gasteiger charge is -2.25. The molecule has 88 valence electrons. The molecule has 0 amide bonds. The van der Waals surface area contributed by atoms with Gasteiger partial charge in [0.15, 0.2) is 5.89 Å². The molecule has 2 saturated heterocycles. The smallest absolute Gasteiger partial charge is 0.194 e. The van der Waals surface area contributed by atoms with Gasteiger partial charge in [-0.25, -0.2) is 4.98 Å². The van der Waals surface area contributed by atoms with Crippen LogP contribution in [0.25, 0.3) is 0 Å². The lowest BCUT2D eigenvalue weighted by Crippen LogP contribution is -2.43. The Kier molecular flexibility index (Phi) is 2.93. The van der Waals surface area contributed by atoms with E-state index in [-0.39, 0.29) is 0 Å². The number of nitrogens with one attached hydrogen (secondary N) is 1. The molecule has 0 radical (unpaired) electrons. The minimum absolute atomic E-state index is 0.547. The van der Waals surface area contributed by atoms with E-state index < -0.39 is 0 Å². The Labute approximate surface area is 95.4 Å². The summed E-state index contributed by atoms with van der Waals surface area (Å²) in [5.41, 5.74) is 1.13. The van der Waals surface area contributed by atoms with Gasteiger partial charge in [0.05, 0.1) is 5.69 Å². The van der Waals surface area contributed by atoms with Crippen LogP contribution in [0.15, 0.2) is 10.7 Å². The summed E-state index contributed by atoms with van der Waals surface area (Å²) in [7, 11) is 0. The first-order valence-electron chi connectivity index (χ1n) is 6.14. The van der Waals surface area contributed by atoms with Gasteiger partial charge < -0.3 is 14.5 Å². The van der Waals surface area contributed by atoms with Crippen LogP contribution in [0, 0.1) is 5.92 Å². The summed E-state index contributed by atoms with van der Waals surface area (Å²) in [4.78, 5) is 4.61. The molecule has 2 aliphatic heterocycles. The molecular weight excluding hydrogens is 204 g/mol. The molecule has 0 spiro atoms. The molecule has 16 heavy (non-hydrogen) atoms. The predicted molar refractivity (Wildman–Crippen MR) is 59.4 cm³/mol. The molecule has 0 aliphatic carbocycles. The molecule has 4 nitrogen and oxygen atoms in total. The number of rotatable bonds is 3. The molecule has 1 aromatic rings. The summed E-state index contributed by atoms with van der Waals surface area (Å²) < 4.78 is 10.9. The van der Waals surface area contributed by atoms with Gasteiger partial charge in [0.25, 0.3) is 0 Å². The zero-order chi connectivity index (χ0) is 10.8. The zero-order valence-electron chi connectivity index (χ0n) is 9.45. The fourth-order valence-electron chi connectivity index (χ4n) is 2.34. The van der Waals surface area contributed by atoms with Gasteiger partial charge in [0.2, 0.25) is 0 Å². The Morgan fingerprint density at radius 3 is 2.81 bits per heavy atom. The molecule has 4 heteroatoms. The maximum atomic E-state index is 5.54. The summed E-state index contributed by atoms with van der Waals surface area (Å²) >= 11 is 0. The van der Waals surface area contributed by atoms with E-state index in [9.17, 15) is 0 Å². The minimum atomic E-state index is 0.547. The Hall–Kier alpha value is -0.870. The topological polar surface area (TPSA) is 47.3 Å². The minimum Gasteiger partial charge on any atom is -0.449 e. The van der Waals surface area contributed by atoms with Crippen molar-refractivity contribution in [1.29, 1.82) is 0 Å². The van der Waals surface area contributed by atoms with E-state index in [1.54, 1.807) is 0 Å². The average Bonchev–Trinajstić information content (AvgIpc) is 2.73. The third kappa shape index (κ3) is 2.13. The summed E-state index contributed by atoms with van der Waals surface area (Å²) in [6, 6.07) is 0. The highest BCUT2D eigenvalue weighted by Crippen LogP contribution is 2.26. The van der Waals surface area contributed by atoms with Crippen LogP contribution in [0.3, 0.4) is 0 Å². The monoisotopic (exact) mass is 222 g/mol. The van der Waals surface area contributed by atoms with Crippen LogP contribution >= 0.6 is 0 Å². The quantitative estimate of drug-likeness (QED) is 0.838. The number of oxazole rings is 1. The van der Waals surface area contributed by atoms with Crippen molar-refractivity contribution < 1.29 is 9.15 Å². The van der Waals surface area contributed by atoms with Gasteiger partial charge in [-0.3, -0.25) is 0 Å². The lowest BCUT2D eigenvalue weighted by molar-refractivity contribution is 0.0845. The fourth-order valence-corrected chi connectivity index (χ4v) is 2.34. The molecule has 0 atom stereocenters. The Morgan fingerprint density at radius 1 is 1.31 bits per heavy atom. The van der Waals surface area contributed by atoms with E-state index in [1.165, 1.54) is 0 Å². The van der Waals surface area contributed by atoms with Crippen LogP contribution in [-0.2, 0) is 11.2 Å². The second kappa shape index (κ2) is 4.55. The number of aromatic nitrogens is 1.